The fraction of sp³-hybridized carbons (Fsp3) is 0.105. The van der Waals surface area contributed by atoms with E-state index < -0.39 is 22.9 Å². The lowest BCUT2D eigenvalue weighted by atomic mass is 10.2. The summed E-state index contributed by atoms with van der Waals surface area (Å²) in [5.74, 6) is -1.49. The van der Waals surface area contributed by atoms with E-state index in [-0.39, 0.29) is 34.1 Å². The highest BCUT2D eigenvalue weighted by molar-refractivity contribution is 8.18. The molecular weight excluding hydrogens is 426 g/mol. The van der Waals surface area contributed by atoms with Crippen molar-refractivity contribution < 1.29 is 18.8 Å². The lowest BCUT2D eigenvalue weighted by Crippen LogP contribution is -2.37. The van der Waals surface area contributed by atoms with Crippen LogP contribution in [0.3, 0.4) is 0 Å². The molecule has 1 saturated heterocycles. The first-order chi connectivity index (χ1) is 13.4. The first-order valence-electron chi connectivity index (χ1n) is 8.10. The molecule has 1 N–H and O–H groups in total. The van der Waals surface area contributed by atoms with Crippen LogP contribution in [0.4, 0.5) is 9.18 Å². The van der Waals surface area contributed by atoms with Crippen molar-refractivity contribution in [1.82, 2.24) is 10.2 Å². The molecule has 144 valence electrons. The molecule has 28 heavy (non-hydrogen) atoms. The van der Waals surface area contributed by atoms with Crippen molar-refractivity contribution in [3.05, 3.63) is 74.4 Å². The van der Waals surface area contributed by atoms with E-state index in [9.17, 15) is 18.8 Å². The molecule has 0 bridgehead atoms. The highest BCUT2D eigenvalue weighted by Gasteiger charge is 2.34. The number of thioether (sulfide) groups is 1. The number of nitrogens with one attached hydrogen (secondary N) is 1. The van der Waals surface area contributed by atoms with Gasteiger partial charge in [-0.25, -0.2) is 4.39 Å². The van der Waals surface area contributed by atoms with Crippen LogP contribution in [0.15, 0.2) is 47.4 Å². The second-order valence-corrected chi connectivity index (χ2v) is 7.57. The molecule has 0 aliphatic carbocycles. The largest absolute Gasteiger partial charge is 0.350 e. The fourth-order valence-electron chi connectivity index (χ4n) is 2.47. The van der Waals surface area contributed by atoms with Gasteiger partial charge in [0.15, 0.2) is 0 Å². The first kappa shape index (κ1) is 20.4. The van der Waals surface area contributed by atoms with Gasteiger partial charge in [-0.15, -0.1) is 0 Å². The topological polar surface area (TPSA) is 66.5 Å². The van der Waals surface area contributed by atoms with Crippen LogP contribution in [0, 0.1) is 5.82 Å². The Labute approximate surface area is 174 Å². The van der Waals surface area contributed by atoms with E-state index in [0.29, 0.717) is 5.02 Å². The normalized spacial score (nSPS) is 15.4. The van der Waals surface area contributed by atoms with Crippen LogP contribution >= 0.6 is 35.0 Å². The summed E-state index contributed by atoms with van der Waals surface area (Å²) in [4.78, 5) is 37.8. The monoisotopic (exact) mass is 438 g/mol. The third kappa shape index (κ3) is 4.55. The molecule has 1 fully saturated rings. The number of rotatable bonds is 5. The van der Waals surface area contributed by atoms with Gasteiger partial charge in [-0.2, -0.15) is 0 Å². The molecule has 2 aromatic rings. The Balaban J connectivity index is 1.63. The summed E-state index contributed by atoms with van der Waals surface area (Å²) in [7, 11) is 0. The van der Waals surface area contributed by atoms with Crippen LogP contribution < -0.4 is 5.32 Å². The van der Waals surface area contributed by atoms with Crippen LogP contribution in [0.5, 0.6) is 0 Å². The predicted molar refractivity (Wildman–Crippen MR) is 108 cm³/mol. The van der Waals surface area contributed by atoms with E-state index in [1.807, 2.05) is 0 Å². The minimum Gasteiger partial charge on any atom is -0.350 e. The SMILES string of the molecule is O=C(NCCN1C(=O)S/C(=C\c2ccccc2F)C1=O)c1cc(Cl)ccc1Cl. The maximum atomic E-state index is 13.7. The molecular formula is C19H13Cl2FN2O3S. The lowest BCUT2D eigenvalue weighted by molar-refractivity contribution is -0.122. The molecule has 0 radical (unpaired) electrons. The highest BCUT2D eigenvalue weighted by Crippen LogP contribution is 2.32. The third-order valence-electron chi connectivity index (χ3n) is 3.86. The molecule has 5 nitrogen and oxygen atoms in total. The van der Waals surface area contributed by atoms with E-state index in [0.717, 1.165) is 16.7 Å². The van der Waals surface area contributed by atoms with Gasteiger partial charge in [0.1, 0.15) is 5.82 Å². The summed E-state index contributed by atoms with van der Waals surface area (Å²) in [5.41, 5.74) is 0.416. The summed E-state index contributed by atoms with van der Waals surface area (Å²) in [6.07, 6.45) is 1.34. The number of benzene rings is 2. The minimum atomic E-state index is -0.534. The fourth-order valence-corrected chi connectivity index (χ4v) is 3.71. The Morgan fingerprint density at radius 2 is 1.93 bits per heavy atom. The number of hydrogen-bond donors (Lipinski definition) is 1. The smallest absolute Gasteiger partial charge is 0.293 e. The molecule has 9 heteroatoms. The Bertz CT molecular complexity index is 997. The van der Waals surface area contributed by atoms with Gasteiger partial charge in [0, 0.05) is 23.7 Å². The Morgan fingerprint density at radius 1 is 1.18 bits per heavy atom. The van der Waals surface area contributed by atoms with Crippen molar-refractivity contribution in [2.24, 2.45) is 0 Å². The van der Waals surface area contributed by atoms with Gasteiger partial charge in [-0.3, -0.25) is 19.3 Å². The van der Waals surface area contributed by atoms with Crippen molar-refractivity contribution in [3.8, 4) is 0 Å². The molecule has 1 aliphatic heterocycles. The van der Waals surface area contributed by atoms with Gasteiger partial charge in [0.2, 0.25) is 0 Å². The van der Waals surface area contributed by atoms with Crippen LogP contribution in [-0.4, -0.2) is 35.0 Å². The van der Waals surface area contributed by atoms with Gasteiger partial charge in [0.25, 0.3) is 17.1 Å². The van der Waals surface area contributed by atoms with Crippen LogP contribution in [0.25, 0.3) is 6.08 Å². The summed E-state index contributed by atoms with van der Waals surface area (Å²) in [6, 6.07) is 10.4. The molecule has 0 saturated carbocycles. The summed E-state index contributed by atoms with van der Waals surface area (Å²) >= 11 is 12.6. The van der Waals surface area contributed by atoms with Crippen molar-refractivity contribution in [3.63, 3.8) is 0 Å². The molecule has 0 atom stereocenters. The first-order valence-corrected chi connectivity index (χ1v) is 9.67. The second kappa shape index (κ2) is 8.77. The molecule has 0 unspecified atom stereocenters. The second-order valence-electron chi connectivity index (χ2n) is 5.73. The average Bonchev–Trinajstić information content (AvgIpc) is 2.92. The number of carbonyl (C=O) groups is 3. The van der Waals surface area contributed by atoms with E-state index in [4.69, 9.17) is 23.2 Å². The van der Waals surface area contributed by atoms with E-state index in [1.54, 1.807) is 12.1 Å². The third-order valence-corrected chi connectivity index (χ3v) is 5.33. The van der Waals surface area contributed by atoms with Crippen molar-refractivity contribution in [2.75, 3.05) is 13.1 Å². The van der Waals surface area contributed by atoms with Crippen molar-refractivity contribution >= 4 is 58.1 Å². The zero-order valence-corrected chi connectivity index (χ0v) is 16.6. The summed E-state index contributed by atoms with van der Waals surface area (Å²) < 4.78 is 13.7. The van der Waals surface area contributed by atoms with Gasteiger partial charge < -0.3 is 5.32 Å². The van der Waals surface area contributed by atoms with Crippen molar-refractivity contribution in [1.29, 1.82) is 0 Å². The Hall–Kier alpha value is -2.35. The van der Waals surface area contributed by atoms with E-state index in [1.165, 1.54) is 36.4 Å². The molecule has 3 rings (SSSR count). The zero-order valence-electron chi connectivity index (χ0n) is 14.2. The van der Waals surface area contributed by atoms with Gasteiger partial charge in [-0.05, 0) is 42.1 Å². The number of amides is 3. The Morgan fingerprint density at radius 3 is 2.68 bits per heavy atom. The number of halogens is 3. The molecule has 0 aromatic heterocycles. The molecule has 1 aliphatic rings. The summed E-state index contributed by atoms with van der Waals surface area (Å²) in [6.45, 7) is 0.00982. The van der Waals surface area contributed by atoms with Crippen LogP contribution in [0.2, 0.25) is 10.0 Å². The molecule has 3 amide bonds. The molecule has 0 spiro atoms. The minimum absolute atomic E-state index is 0.0246. The standard InChI is InChI=1S/C19H13Cl2FN2O3S/c20-12-5-6-14(21)13(10-12)17(25)23-7-8-24-18(26)16(28-19(24)27)9-11-3-1-2-4-15(11)22/h1-6,9-10H,7-8H2,(H,23,25)/b16-9-. The van der Waals surface area contributed by atoms with Gasteiger partial charge >= 0.3 is 0 Å². The predicted octanol–water partition coefficient (Wildman–Crippen LogP) is 4.60. The summed E-state index contributed by atoms with van der Waals surface area (Å²) in [5, 5.41) is 2.71. The van der Waals surface area contributed by atoms with E-state index >= 15 is 0 Å². The number of imide groups is 1. The zero-order chi connectivity index (χ0) is 20.3. The lowest BCUT2D eigenvalue weighted by Gasteiger charge is -2.13. The number of nitrogens with zero attached hydrogens (tertiary/aromatic N) is 1. The quantitative estimate of drug-likeness (QED) is 0.692. The number of carbonyl (C=O) groups excluding carboxylic acids is 3. The van der Waals surface area contributed by atoms with Crippen LogP contribution in [-0.2, 0) is 4.79 Å². The maximum Gasteiger partial charge on any atom is 0.293 e. The Kier molecular flexibility index (Phi) is 6.39. The van der Waals surface area contributed by atoms with E-state index in [2.05, 4.69) is 5.32 Å². The van der Waals surface area contributed by atoms with Gasteiger partial charge in [0.05, 0.1) is 15.5 Å². The average molecular weight is 439 g/mol. The van der Waals surface area contributed by atoms with Gasteiger partial charge in [-0.1, -0.05) is 41.4 Å². The molecule has 2 aromatic carbocycles. The number of hydrogen-bond acceptors (Lipinski definition) is 4. The maximum absolute atomic E-state index is 13.7. The molecule has 1 heterocycles. The van der Waals surface area contributed by atoms with Crippen molar-refractivity contribution in [2.45, 2.75) is 0 Å². The van der Waals surface area contributed by atoms with Crippen LogP contribution in [0.1, 0.15) is 15.9 Å². The highest BCUT2D eigenvalue weighted by atomic mass is 35.5.